The average molecular weight is 344 g/mol. The third kappa shape index (κ3) is 4.44. The number of aryl methyl sites for hydroxylation is 1. The Morgan fingerprint density at radius 1 is 1.12 bits per heavy atom. The molecule has 0 fully saturated rings. The molecule has 1 aromatic rings. The van der Waals surface area contributed by atoms with Crippen LogP contribution in [0, 0.1) is 12.8 Å². The van der Waals surface area contributed by atoms with E-state index in [1.54, 1.807) is 26.4 Å². The fourth-order valence-corrected chi connectivity index (χ4v) is 2.84. The van der Waals surface area contributed by atoms with Crippen molar-refractivity contribution in [2.75, 3.05) is 21.3 Å². The fraction of sp³-hybridized carbons (Fsp3) is 0.350. The summed E-state index contributed by atoms with van der Waals surface area (Å²) in [5, 5.41) is 9.81. The molecule has 1 aromatic carbocycles. The quantitative estimate of drug-likeness (QED) is 0.819. The molecule has 5 nitrogen and oxygen atoms in total. The van der Waals surface area contributed by atoms with E-state index in [9.17, 15) is 9.90 Å². The van der Waals surface area contributed by atoms with E-state index in [4.69, 9.17) is 14.2 Å². The molecule has 0 radical (unpaired) electrons. The smallest absolute Gasteiger partial charge is 0.311 e. The molecule has 25 heavy (non-hydrogen) atoms. The van der Waals surface area contributed by atoms with E-state index in [0.29, 0.717) is 35.7 Å². The molecule has 1 unspecified atom stereocenters. The summed E-state index contributed by atoms with van der Waals surface area (Å²) in [5.74, 6) is 0.138. The van der Waals surface area contributed by atoms with Gasteiger partial charge in [0.25, 0.3) is 0 Å². The minimum Gasteiger partial charge on any atom is -0.501 e. The van der Waals surface area contributed by atoms with Crippen LogP contribution >= 0.6 is 0 Å². The number of allylic oxidation sites excluding steroid dienone is 2. The van der Waals surface area contributed by atoms with Crippen LogP contribution in [0.2, 0.25) is 0 Å². The standard InChI is InChI=1S/C20H24O5/c1-13-7-5-6-8-14(13)10-17(20(21)22)15-9-16(23-2)12-19(25-4)18(11-15)24-3/h5-9,11,17H,10,12H2,1-4H3,(H,21,22). The summed E-state index contributed by atoms with van der Waals surface area (Å²) < 4.78 is 16.2. The normalized spacial score (nSPS) is 15.7. The van der Waals surface area contributed by atoms with E-state index in [1.165, 1.54) is 7.11 Å². The van der Waals surface area contributed by atoms with Gasteiger partial charge in [-0.05, 0) is 42.2 Å². The molecule has 0 spiro atoms. The molecule has 0 saturated heterocycles. The Morgan fingerprint density at radius 2 is 1.84 bits per heavy atom. The lowest BCUT2D eigenvalue weighted by Crippen LogP contribution is -2.19. The lowest BCUT2D eigenvalue weighted by Gasteiger charge is -2.16. The number of carboxylic acid groups (broad SMARTS) is 1. The summed E-state index contributed by atoms with van der Waals surface area (Å²) >= 11 is 0. The first-order valence-electron chi connectivity index (χ1n) is 8.04. The minimum absolute atomic E-state index is 0.390. The van der Waals surface area contributed by atoms with E-state index in [0.717, 1.165) is 11.1 Å². The van der Waals surface area contributed by atoms with Crippen molar-refractivity contribution in [2.45, 2.75) is 19.8 Å². The van der Waals surface area contributed by atoms with Crippen LogP contribution in [0.1, 0.15) is 17.5 Å². The number of aliphatic carboxylic acids is 1. The number of methoxy groups -OCH3 is 3. The van der Waals surface area contributed by atoms with E-state index >= 15 is 0 Å². The van der Waals surface area contributed by atoms with Crippen molar-refractivity contribution in [3.8, 4) is 0 Å². The first kappa shape index (κ1) is 18.6. The van der Waals surface area contributed by atoms with Crippen LogP contribution in [-0.2, 0) is 25.4 Å². The molecular formula is C20H24O5. The molecular weight excluding hydrogens is 320 g/mol. The van der Waals surface area contributed by atoms with Crippen LogP contribution in [0.25, 0.3) is 0 Å². The van der Waals surface area contributed by atoms with Crippen molar-refractivity contribution >= 4 is 5.97 Å². The number of hydrogen-bond donors (Lipinski definition) is 1. The van der Waals surface area contributed by atoms with Gasteiger partial charge in [-0.3, -0.25) is 4.79 Å². The van der Waals surface area contributed by atoms with Gasteiger partial charge in [-0.25, -0.2) is 0 Å². The summed E-state index contributed by atoms with van der Waals surface area (Å²) in [6.45, 7) is 1.98. The molecule has 134 valence electrons. The maximum Gasteiger partial charge on any atom is 0.311 e. The number of carboxylic acids is 1. The van der Waals surface area contributed by atoms with Crippen LogP contribution in [0.5, 0.6) is 0 Å². The Kier molecular flexibility index (Phi) is 6.28. The Labute approximate surface area is 148 Å². The van der Waals surface area contributed by atoms with Crippen LogP contribution in [0.15, 0.2) is 59.3 Å². The van der Waals surface area contributed by atoms with Gasteiger partial charge in [0, 0.05) is 0 Å². The Balaban J connectivity index is 2.47. The number of ether oxygens (including phenoxy) is 3. The minimum atomic E-state index is -0.891. The van der Waals surface area contributed by atoms with Gasteiger partial charge in [0.1, 0.15) is 11.5 Å². The maximum absolute atomic E-state index is 12.0. The first-order chi connectivity index (χ1) is 12.0. The molecule has 1 atom stereocenters. The highest BCUT2D eigenvalue weighted by atomic mass is 16.5. The van der Waals surface area contributed by atoms with Gasteiger partial charge in [0.2, 0.25) is 0 Å². The van der Waals surface area contributed by atoms with Crippen LogP contribution in [0.4, 0.5) is 0 Å². The van der Waals surface area contributed by atoms with Gasteiger partial charge < -0.3 is 19.3 Å². The highest BCUT2D eigenvalue weighted by molar-refractivity contribution is 5.75. The first-order valence-corrected chi connectivity index (χ1v) is 8.04. The second-order valence-corrected chi connectivity index (χ2v) is 5.85. The fourth-order valence-electron chi connectivity index (χ4n) is 2.84. The number of hydrogen-bond acceptors (Lipinski definition) is 4. The summed E-state index contributed by atoms with van der Waals surface area (Å²) in [7, 11) is 4.66. The molecule has 0 saturated carbocycles. The molecule has 0 aliphatic heterocycles. The number of rotatable bonds is 7. The van der Waals surface area contributed by atoms with Gasteiger partial charge in [-0.1, -0.05) is 24.3 Å². The Hall–Kier alpha value is -2.69. The second-order valence-electron chi connectivity index (χ2n) is 5.85. The van der Waals surface area contributed by atoms with Crippen LogP contribution < -0.4 is 0 Å². The average Bonchev–Trinajstić information content (AvgIpc) is 2.79. The number of carbonyl (C=O) groups is 1. The lowest BCUT2D eigenvalue weighted by atomic mass is 9.89. The van der Waals surface area contributed by atoms with E-state index < -0.39 is 11.9 Å². The molecule has 1 aliphatic rings. The molecule has 0 amide bonds. The van der Waals surface area contributed by atoms with Gasteiger partial charge in [-0.2, -0.15) is 0 Å². The third-order valence-corrected chi connectivity index (χ3v) is 4.35. The molecule has 2 rings (SSSR count). The molecule has 5 heteroatoms. The zero-order valence-corrected chi connectivity index (χ0v) is 15.0. The largest absolute Gasteiger partial charge is 0.501 e. The number of benzene rings is 1. The molecule has 0 bridgehead atoms. The summed E-state index contributed by atoms with van der Waals surface area (Å²) in [6, 6.07) is 7.80. The monoisotopic (exact) mass is 344 g/mol. The van der Waals surface area contributed by atoms with Crippen molar-refractivity contribution < 1.29 is 24.1 Å². The van der Waals surface area contributed by atoms with E-state index in [2.05, 4.69) is 0 Å². The topological polar surface area (TPSA) is 65.0 Å². The molecule has 1 N–H and O–H groups in total. The van der Waals surface area contributed by atoms with Crippen molar-refractivity contribution in [3.63, 3.8) is 0 Å². The zero-order chi connectivity index (χ0) is 18.4. The van der Waals surface area contributed by atoms with Gasteiger partial charge in [0.15, 0.2) is 5.76 Å². The van der Waals surface area contributed by atoms with Crippen molar-refractivity contribution in [2.24, 2.45) is 5.92 Å². The predicted molar refractivity (Wildman–Crippen MR) is 94.8 cm³/mol. The summed E-state index contributed by atoms with van der Waals surface area (Å²) in [6.07, 6.45) is 4.29. The van der Waals surface area contributed by atoms with Crippen molar-refractivity contribution in [1.29, 1.82) is 0 Å². The predicted octanol–water partition coefficient (Wildman–Crippen LogP) is 3.60. The van der Waals surface area contributed by atoms with Crippen LogP contribution in [-0.4, -0.2) is 32.4 Å². The highest BCUT2D eigenvalue weighted by Gasteiger charge is 2.26. The summed E-state index contributed by atoms with van der Waals surface area (Å²) in [5.41, 5.74) is 2.69. The van der Waals surface area contributed by atoms with Gasteiger partial charge in [-0.15, -0.1) is 0 Å². The summed E-state index contributed by atoms with van der Waals surface area (Å²) in [4.78, 5) is 12.0. The van der Waals surface area contributed by atoms with Gasteiger partial charge in [0.05, 0.1) is 33.7 Å². The lowest BCUT2D eigenvalue weighted by molar-refractivity contribution is -0.140. The third-order valence-electron chi connectivity index (χ3n) is 4.35. The molecule has 1 aliphatic carbocycles. The molecule has 0 aromatic heterocycles. The molecule has 0 heterocycles. The van der Waals surface area contributed by atoms with Gasteiger partial charge >= 0.3 is 5.97 Å². The SMILES string of the molecule is COC1=CC(C(Cc2ccccc2C)C(=O)O)=CC(OC)=C(OC)C1. The van der Waals surface area contributed by atoms with Crippen molar-refractivity contribution in [3.05, 3.63) is 70.4 Å². The Morgan fingerprint density at radius 3 is 2.40 bits per heavy atom. The van der Waals surface area contributed by atoms with E-state index in [-0.39, 0.29) is 0 Å². The van der Waals surface area contributed by atoms with E-state index in [1.807, 2.05) is 31.2 Å². The highest BCUT2D eigenvalue weighted by Crippen LogP contribution is 2.30. The second kappa shape index (κ2) is 8.42. The Bertz CT molecular complexity index is 727. The maximum atomic E-state index is 12.0. The zero-order valence-electron chi connectivity index (χ0n) is 15.0. The van der Waals surface area contributed by atoms with Crippen molar-refractivity contribution in [1.82, 2.24) is 0 Å². The van der Waals surface area contributed by atoms with Crippen LogP contribution in [0.3, 0.4) is 0 Å².